The van der Waals surface area contributed by atoms with Gasteiger partial charge in [-0.05, 0) is 49.2 Å². The molecular formula is C17H19BrN2O3. The first-order chi connectivity index (χ1) is 11.2. The molecule has 5 nitrogen and oxygen atoms in total. The first kappa shape index (κ1) is 17.4. The second-order valence-corrected chi connectivity index (χ2v) is 5.78. The van der Waals surface area contributed by atoms with E-state index in [0.29, 0.717) is 30.3 Å². The van der Waals surface area contributed by atoms with Crippen molar-refractivity contribution < 1.29 is 14.3 Å². The lowest BCUT2D eigenvalue weighted by molar-refractivity contribution is 0.0948. The van der Waals surface area contributed by atoms with E-state index in [9.17, 15) is 4.79 Å². The van der Waals surface area contributed by atoms with Gasteiger partial charge in [0, 0.05) is 30.9 Å². The van der Waals surface area contributed by atoms with Gasteiger partial charge >= 0.3 is 0 Å². The number of halogens is 1. The van der Waals surface area contributed by atoms with Gasteiger partial charge in [0.1, 0.15) is 11.3 Å². The number of carbonyl (C=O) groups excluding carboxylic acids is 1. The maximum absolute atomic E-state index is 12.3. The summed E-state index contributed by atoms with van der Waals surface area (Å²) in [6.07, 6.45) is 3.37. The van der Waals surface area contributed by atoms with Crippen LogP contribution in [0.15, 0.2) is 47.1 Å². The highest BCUT2D eigenvalue weighted by molar-refractivity contribution is 9.10. The van der Waals surface area contributed by atoms with Gasteiger partial charge in [-0.2, -0.15) is 0 Å². The molecule has 0 spiro atoms. The maximum atomic E-state index is 12.3. The summed E-state index contributed by atoms with van der Waals surface area (Å²) in [5, 5.41) is 2.87. The van der Waals surface area contributed by atoms with Gasteiger partial charge in [0.2, 0.25) is 5.88 Å². The number of hydrogen-bond donors (Lipinski definition) is 1. The fourth-order valence-electron chi connectivity index (χ4n) is 1.93. The van der Waals surface area contributed by atoms with Crippen LogP contribution in [0.3, 0.4) is 0 Å². The van der Waals surface area contributed by atoms with Crippen molar-refractivity contribution in [2.24, 2.45) is 0 Å². The number of aromatic nitrogens is 1. The zero-order valence-corrected chi connectivity index (χ0v) is 14.5. The first-order valence-corrected chi connectivity index (χ1v) is 8.15. The Kier molecular flexibility index (Phi) is 7.03. The molecule has 0 aliphatic heterocycles. The van der Waals surface area contributed by atoms with Crippen molar-refractivity contribution in [1.82, 2.24) is 10.3 Å². The predicted molar refractivity (Wildman–Crippen MR) is 91.9 cm³/mol. The molecule has 1 N–H and O–H groups in total. The van der Waals surface area contributed by atoms with Gasteiger partial charge in [0.25, 0.3) is 5.91 Å². The molecule has 0 saturated heterocycles. The standard InChI is InChI=1S/C17H19BrN2O3/c1-22-12-3-2-10-19-16(21)15-5-4-11-20-17(15)23-14-8-6-13(18)7-9-14/h4-9,11H,2-3,10,12H2,1H3,(H,19,21). The monoisotopic (exact) mass is 378 g/mol. The molecule has 0 aliphatic rings. The number of ether oxygens (including phenoxy) is 2. The number of nitrogens with zero attached hydrogens (tertiary/aromatic N) is 1. The van der Waals surface area contributed by atoms with Crippen LogP contribution in [0.25, 0.3) is 0 Å². The SMILES string of the molecule is COCCCCNC(=O)c1cccnc1Oc1ccc(Br)cc1. The number of nitrogens with one attached hydrogen (secondary N) is 1. The van der Waals surface area contributed by atoms with Gasteiger partial charge in [-0.3, -0.25) is 4.79 Å². The Bertz CT molecular complexity index is 632. The number of amides is 1. The third kappa shape index (κ3) is 5.65. The molecule has 0 bridgehead atoms. The van der Waals surface area contributed by atoms with E-state index in [-0.39, 0.29) is 5.91 Å². The van der Waals surface area contributed by atoms with Crippen molar-refractivity contribution in [2.45, 2.75) is 12.8 Å². The number of methoxy groups -OCH3 is 1. The highest BCUT2D eigenvalue weighted by Crippen LogP contribution is 2.24. The molecule has 1 heterocycles. The Morgan fingerprint density at radius 3 is 2.74 bits per heavy atom. The van der Waals surface area contributed by atoms with Crippen molar-refractivity contribution in [1.29, 1.82) is 0 Å². The molecule has 0 atom stereocenters. The molecule has 1 aromatic carbocycles. The molecule has 0 saturated carbocycles. The average Bonchev–Trinajstić information content (AvgIpc) is 2.57. The number of hydrogen-bond acceptors (Lipinski definition) is 4. The minimum Gasteiger partial charge on any atom is -0.438 e. The van der Waals surface area contributed by atoms with E-state index in [1.165, 1.54) is 0 Å². The number of unbranched alkanes of at least 4 members (excludes halogenated alkanes) is 1. The predicted octanol–water partition coefficient (Wildman–Crippen LogP) is 3.79. The summed E-state index contributed by atoms with van der Waals surface area (Å²) in [5.74, 6) is 0.730. The molecule has 0 radical (unpaired) electrons. The fraction of sp³-hybridized carbons (Fsp3) is 0.294. The van der Waals surface area contributed by atoms with Crippen LogP contribution in [0, 0.1) is 0 Å². The quantitative estimate of drug-likeness (QED) is 0.709. The summed E-state index contributed by atoms with van der Waals surface area (Å²) in [5.41, 5.74) is 0.419. The van der Waals surface area contributed by atoms with Crippen LogP contribution in [-0.2, 0) is 4.74 Å². The first-order valence-electron chi connectivity index (χ1n) is 7.36. The van der Waals surface area contributed by atoms with E-state index in [1.54, 1.807) is 25.4 Å². The van der Waals surface area contributed by atoms with Crippen molar-refractivity contribution in [3.63, 3.8) is 0 Å². The topological polar surface area (TPSA) is 60.5 Å². The van der Waals surface area contributed by atoms with Gasteiger partial charge in [0.15, 0.2) is 0 Å². The van der Waals surface area contributed by atoms with Crippen LogP contribution in [0.5, 0.6) is 11.6 Å². The van der Waals surface area contributed by atoms with E-state index < -0.39 is 0 Å². The zero-order chi connectivity index (χ0) is 16.5. The van der Waals surface area contributed by atoms with E-state index in [2.05, 4.69) is 26.2 Å². The van der Waals surface area contributed by atoms with Gasteiger partial charge in [-0.15, -0.1) is 0 Å². The number of benzene rings is 1. The smallest absolute Gasteiger partial charge is 0.256 e. The normalized spacial score (nSPS) is 10.3. The van der Waals surface area contributed by atoms with E-state index in [4.69, 9.17) is 9.47 Å². The molecule has 1 amide bonds. The maximum Gasteiger partial charge on any atom is 0.256 e. The summed E-state index contributed by atoms with van der Waals surface area (Å²) in [4.78, 5) is 16.4. The van der Waals surface area contributed by atoms with Crippen LogP contribution in [-0.4, -0.2) is 31.2 Å². The van der Waals surface area contributed by atoms with Crippen LogP contribution in [0.2, 0.25) is 0 Å². The molecule has 2 aromatic rings. The van der Waals surface area contributed by atoms with Crippen LogP contribution >= 0.6 is 15.9 Å². The second kappa shape index (κ2) is 9.27. The zero-order valence-electron chi connectivity index (χ0n) is 12.9. The van der Waals surface area contributed by atoms with Gasteiger partial charge in [-0.1, -0.05) is 15.9 Å². The van der Waals surface area contributed by atoms with Crippen molar-refractivity contribution >= 4 is 21.8 Å². The molecule has 0 aliphatic carbocycles. The van der Waals surface area contributed by atoms with Crippen molar-refractivity contribution in [2.75, 3.05) is 20.3 Å². The molecule has 122 valence electrons. The third-order valence-corrected chi connectivity index (χ3v) is 3.63. The van der Waals surface area contributed by atoms with E-state index in [1.807, 2.05) is 24.3 Å². The summed E-state index contributed by atoms with van der Waals surface area (Å²) < 4.78 is 11.7. The van der Waals surface area contributed by atoms with Gasteiger partial charge in [0.05, 0.1) is 0 Å². The summed E-state index contributed by atoms with van der Waals surface area (Å²) in [6.45, 7) is 1.29. The Morgan fingerprint density at radius 1 is 1.22 bits per heavy atom. The van der Waals surface area contributed by atoms with Crippen LogP contribution in [0.4, 0.5) is 0 Å². The average molecular weight is 379 g/mol. The van der Waals surface area contributed by atoms with Crippen molar-refractivity contribution in [3.8, 4) is 11.6 Å². The molecule has 2 rings (SSSR count). The number of pyridine rings is 1. The van der Waals surface area contributed by atoms with Gasteiger partial charge in [-0.25, -0.2) is 4.98 Å². The van der Waals surface area contributed by atoms with Crippen LogP contribution < -0.4 is 10.1 Å². The molecule has 0 unspecified atom stereocenters. The molecule has 1 aromatic heterocycles. The lowest BCUT2D eigenvalue weighted by atomic mass is 10.2. The summed E-state index contributed by atoms with van der Waals surface area (Å²) in [7, 11) is 1.67. The fourth-order valence-corrected chi connectivity index (χ4v) is 2.19. The molecule has 0 fully saturated rings. The minimum atomic E-state index is -0.192. The Morgan fingerprint density at radius 2 is 2.00 bits per heavy atom. The summed E-state index contributed by atoms with van der Waals surface area (Å²) >= 11 is 3.37. The van der Waals surface area contributed by atoms with E-state index >= 15 is 0 Å². The Hall–Kier alpha value is -1.92. The second-order valence-electron chi connectivity index (χ2n) is 4.87. The number of rotatable bonds is 8. The number of carbonyl (C=O) groups is 1. The highest BCUT2D eigenvalue weighted by Gasteiger charge is 2.13. The minimum absolute atomic E-state index is 0.192. The largest absolute Gasteiger partial charge is 0.438 e. The Labute approximate surface area is 144 Å². The summed E-state index contributed by atoms with van der Waals surface area (Å²) in [6, 6.07) is 10.8. The lowest BCUT2D eigenvalue weighted by Crippen LogP contribution is -2.25. The van der Waals surface area contributed by atoms with Gasteiger partial charge < -0.3 is 14.8 Å². The highest BCUT2D eigenvalue weighted by atomic mass is 79.9. The van der Waals surface area contributed by atoms with Crippen LogP contribution in [0.1, 0.15) is 23.2 Å². The van der Waals surface area contributed by atoms with Crippen molar-refractivity contribution in [3.05, 3.63) is 52.6 Å². The van der Waals surface area contributed by atoms with E-state index in [0.717, 1.165) is 17.3 Å². The molecule has 23 heavy (non-hydrogen) atoms. The molecule has 6 heteroatoms. The Balaban J connectivity index is 1.99. The lowest BCUT2D eigenvalue weighted by Gasteiger charge is -2.10. The third-order valence-electron chi connectivity index (χ3n) is 3.10. The molecular weight excluding hydrogens is 360 g/mol.